The standard InChI is InChI=1S/C15H14F3N3OS/c16-15(17,18)12-6-2-1-5-11(12)14-20-19-13(23-14)10-4-3-7-21(8-10)9-22/h1-2,5-6,9-10H,3-4,7-8H2. The Morgan fingerprint density at radius 2 is 2.04 bits per heavy atom. The van der Waals surface area contributed by atoms with Crippen molar-refractivity contribution in [1.82, 2.24) is 15.1 Å². The van der Waals surface area contributed by atoms with E-state index in [4.69, 9.17) is 0 Å². The number of benzene rings is 1. The van der Waals surface area contributed by atoms with E-state index >= 15 is 0 Å². The van der Waals surface area contributed by atoms with Crippen LogP contribution in [0.25, 0.3) is 10.6 Å². The van der Waals surface area contributed by atoms with E-state index in [1.165, 1.54) is 23.5 Å². The molecule has 1 aliphatic rings. The van der Waals surface area contributed by atoms with Crippen LogP contribution in [-0.4, -0.2) is 34.6 Å². The van der Waals surface area contributed by atoms with Crippen LogP contribution < -0.4 is 0 Å². The lowest BCUT2D eigenvalue weighted by Crippen LogP contribution is -2.33. The van der Waals surface area contributed by atoms with Gasteiger partial charge in [-0.1, -0.05) is 29.5 Å². The Morgan fingerprint density at radius 3 is 2.78 bits per heavy atom. The maximum Gasteiger partial charge on any atom is 0.417 e. The molecule has 0 radical (unpaired) electrons. The Morgan fingerprint density at radius 1 is 1.26 bits per heavy atom. The van der Waals surface area contributed by atoms with Crippen molar-refractivity contribution in [2.45, 2.75) is 24.9 Å². The molecule has 1 aliphatic heterocycles. The third-order valence-corrected chi connectivity index (χ3v) is 4.97. The van der Waals surface area contributed by atoms with Crippen molar-refractivity contribution >= 4 is 17.7 Å². The number of piperidine rings is 1. The second-order valence-corrected chi connectivity index (χ2v) is 6.44. The van der Waals surface area contributed by atoms with Crippen molar-refractivity contribution in [2.24, 2.45) is 0 Å². The van der Waals surface area contributed by atoms with E-state index in [0.717, 1.165) is 25.3 Å². The summed E-state index contributed by atoms with van der Waals surface area (Å²) in [5.74, 6) is 0.0400. The number of carbonyl (C=O) groups excluding carboxylic acids is 1. The summed E-state index contributed by atoms with van der Waals surface area (Å²) in [6, 6.07) is 5.37. The number of rotatable bonds is 3. The van der Waals surface area contributed by atoms with E-state index in [2.05, 4.69) is 10.2 Å². The van der Waals surface area contributed by atoms with E-state index in [1.807, 2.05) is 0 Å². The van der Waals surface area contributed by atoms with Crippen molar-refractivity contribution < 1.29 is 18.0 Å². The molecule has 0 aliphatic carbocycles. The number of carbonyl (C=O) groups is 1. The maximum atomic E-state index is 13.1. The summed E-state index contributed by atoms with van der Waals surface area (Å²) in [4.78, 5) is 12.6. The number of likely N-dealkylation sites (tertiary alicyclic amines) is 1. The van der Waals surface area contributed by atoms with E-state index in [9.17, 15) is 18.0 Å². The molecule has 1 aromatic carbocycles. The van der Waals surface area contributed by atoms with Crippen LogP contribution >= 0.6 is 11.3 Å². The smallest absolute Gasteiger partial charge is 0.345 e. The van der Waals surface area contributed by atoms with Crippen LogP contribution in [0.5, 0.6) is 0 Å². The molecule has 1 amide bonds. The van der Waals surface area contributed by atoms with Gasteiger partial charge in [0.2, 0.25) is 6.41 Å². The molecular weight excluding hydrogens is 327 g/mol. The molecule has 0 N–H and O–H groups in total. The minimum absolute atomic E-state index is 0.0400. The molecule has 1 fully saturated rings. The van der Waals surface area contributed by atoms with E-state index in [0.29, 0.717) is 18.1 Å². The van der Waals surface area contributed by atoms with E-state index < -0.39 is 11.7 Å². The second-order valence-electron chi connectivity index (χ2n) is 5.43. The summed E-state index contributed by atoms with van der Waals surface area (Å²) >= 11 is 1.17. The van der Waals surface area contributed by atoms with Crippen molar-refractivity contribution in [3.05, 3.63) is 34.8 Å². The largest absolute Gasteiger partial charge is 0.417 e. The van der Waals surface area contributed by atoms with Crippen molar-refractivity contribution in [3.63, 3.8) is 0 Å². The summed E-state index contributed by atoms with van der Waals surface area (Å²) in [6.45, 7) is 1.25. The van der Waals surface area contributed by atoms with Crippen LogP contribution in [0.2, 0.25) is 0 Å². The number of hydrogen-bond acceptors (Lipinski definition) is 4. The molecular formula is C15H14F3N3OS. The monoisotopic (exact) mass is 341 g/mol. The number of halogens is 3. The number of alkyl halides is 3. The zero-order chi connectivity index (χ0) is 16.4. The van der Waals surface area contributed by atoms with Gasteiger partial charge in [-0.25, -0.2) is 0 Å². The number of aromatic nitrogens is 2. The zero-order valence-corrected chi connectivity index (χ0v) is 12.9. The normalized spacial score (nSPS) is 18.9. The molecule has 1 unspecified atom stereocenters. The Hall–Kier alpha value is -1.96. The maximum absolute atomic E-state index is 13.1. The van der Waals surface area contributed by atoms with Gasteiger partial charge >= 0.3 is 6.18 Å². The molecule has 1 atom stereocenters. The van der Waals surface area contributed by atoms with Gasteiger partial charge in [0.15, 0.2) is 0 Å². The molecule has 122 valence electrons. The van der Waals surface area contributed by atoms with E-state index in [1.54, 1.807) is 11.0 Å². The molecule has 0 saturated carbocycles. The zero-order valence-electron chi connectivity index (χ0n) is 12.1. The number of amides is 1. The Kier molecular flexibility index (Phi) is 4.34. The second kappa shape index (κ2) is 6.27. The first-order valence-electron chi connectivity index (χ1n) is 7.18. The molecule has 2 heterocycles. The third-order valence-electron chi connectivity index (χ3n) is 3.85. The third kappa shape index (κ3) is 3.36. The quantitative estimate of drug-likeness (QED) is 0.802. The summed E-state index contributed by atoms with van der Waals surface area (Å²) in [6.07, 6.45) is -1.91. The lowest BCUT2D eigenvalue weighted by Gasteiger charge is -2.28. The molecule has 4 nitrogen and oxygen atoms in total. The van der Waals surface area contributed by atoms with Crippen LogP contribution in [0.3, 0.4) is 0 Å². The van der Waals surface area contributed by atoms with Gasteiger partial charge in [-0.2, -0.15) is 13.2 Å². The fourth-order valence-corrected chi connectivity index (χ4v) is 3.74. The van der Waals surface area contributed by atoms with Crippen LogP contribution in [0, 0.1) is 0 Å². The molecule has 23 heavy (non-hydrogen) atoms. The van der Waals surface area contributed by atoms with Crippen molar-refractivity contribution in [3.8, 4) is 10.6 Å². The van der Waals surface area contributed by atoms with Crippen molar-refractivity contribution in [1.29, 1.82) is 0 Å². The first kappa shape index (κ1) is 15.9. The lowest BCUT2D eigenvalue weighted by molar-refractivity contribution is -0.137. The Bertz CT molecular complexity index is 701. The summed E-state index contributed by atoms with van der Waals surface area (Å²) in [5.41, 5.74) is -0.660. The molecule has 0 spiro atoms. The Balaban J connectivity index is 1.90. The summed E-state index contributed by atoms with van der Waals surface area (Å²) in [7, 11) is 0. The molecule has 2 aromatic rings. The van der Waals surface area contributed by atoms with Gasteiger partial charge in [-0.3, -0.25) is 4.79 Å². The van der Waals surface area contributed by atoms with Gasteiger partial charge in [0.25, 0.3) is 0 Å². The number of nitrogens with zero attached hydrogens (tertiary/aromatic N) is 3. The highest BCUT2D eigenvalue weighted by atomic mass is 32.1. The topological polar surface area (TPSA) is 46.1 Å². The molecule has 3 rings (SSSR count). The average molecular weight is 341 g/mol. The average Bonchev–Trinajstić information content (AvgIpc) is 3.04. The highest BCUT2D eigenvalue weighted by molar-refractivity contribution is 7.14. The number of hydrogen-bond donors (Lipinski definition) is 0. The minimum Gasteiger partial charge on any atom is -0.345 e. The van der Waals surface area contributed by atoms with Crippen molar-refractivity contribution in [2.75, 3.05) is 13.1 Å². The minimum atomic E-state index is -4.43. The molecule has 8 heteroatoms. The Labute approximate surface area is 135 Å². The predicted octanol–water partition coefficient (Wildman–Crippen LogP) is 3.56. The van der Waals surface area contributed by atoms with Crippen LogP contribution in [0.1, 0.15) is 29.3 Å². The fraction of sp³-hybridized carbons (Fsp3) is 0.400. The molecule has 0 bridgehead atoms. The SMILES string of the molecule is O=CN1CCCC(c2nnc(-c3ccccc3C(F)(F)F)s2)C1. The van der Waals surface area contributed by atoms with Gasteiger partial charge in [-0.15, -0.1) is 10.2 Å². The van der Waals surface area contributed by atoms with Gasteiger partial charge in [0.1, 0.15) is 10.0 Å². The summed E-state index contributed by atoms with van der Waals surface area (Å²) < 4.78 is 39.3. The first-order chi connectivity index (χ1) is 11.0. The molecule has 1 aromatic heterocycles. The van der Waals surface area contributed by atoms with Gasteiger partial charge in [0, 0.05) is 24.6 Å². The summed E-state index contributed by atoms with van der Waals surface area (Å²) in [5, 5.41) is 8.96. The van der Waals surface area contributed by atoms with Gasteiger partial charge in [-0.05, 0) is 18.9 Å². The highest BCUT2D eigenvalue weighted by Gasteiger charge is 2.34. The van der Waals surface area contributed by atoms with Crippen LogP contribution in [-0.2, 0) is 11.0 Å². The highest BCUT2D eigenvalue weighted by Crippen LogP contribution is 2.39. The predicted molar refractivity (Wildman–Crippen MR) is 80.0 cm³/mol. The van der Waals surface area contributed by atoms with Crippen LogP contribution in [0.4, 0.5) is 13.2 Å². The fourth-order valence-electron chi connectivity index (χ4n) is 2.73. The first-order valence-corrected chi connectivity index (χ1v) is 8.00. The van der Waals surface area contributed by atoms with Gasteiger partial charge in [0.05, 0.1) is 5.56 Å². The van der Waals surface area contributed by atoms with Crippen LogP contribution in [0.15, 0.2) is 24.3 Å². The van der Waals surface area contributed by atoms with Gasteiger partial charge < -0.3 is 4.90 Å². The molecule has 1 saturated heterocycles. The lowest BCUT2D eigenvalue weighted by atomic mass is 9.99. The van der Waals surface area contributed by atoms with E-state index in [-0.39, 0.29) is 16.5 Å².